The van der Waals surface area contributed by atoms with Crippen LogP contribution >= 0.6 is 0 Å². The number of rotatable bonds is 3. The Morgan fingerprint density at radius 3 is 2.27 bits per heavy atom. The summed E-state index contributed by atoms with van der Waals surface area (Å²) in [5.74, 6) is 0. The summed E-state index contributed by atoms with van der Waals surface area (Å²) in [6.45, 7) is 8.36. The fourth-order valence-electron chi connectivity index (χ4n) is 0.737. The summed E-state index contributed by atoms with van der Waals surface area (Å²) < 4.78 is 0. The molecule has 0 spiro atoms. The Kier molecular flexibility index (Phi) is 3.94. The van der Waals surface area contributed by atoms with Crippen molar-refractivity contribution in [1.29, 1.82) is 0 Å². The van der Waals surface area contributed by atoms with Gasteiger partial charge in [-0.1, -0.05) is 25.5 Å². The molecule has 64 valence electrons. The first-order valence-corrected chi connectivity index (χ1v) is 3.93. The zero-order valence-electron chi connectivity index (χ0n) is 7.89. The van der Waals surface area contributed by atoms with Crippen LogP contribution in [0.15, 0.2) is 24.0 Å². The fourth-order valence-corrected chi connectivity index (χ4v) is 0.737. The highest BCUT2D eigenvalue weighted by molar-refractivity contribution is 5.01. The van der Waals surface area contributed by atoms with E-state index in [0.717, 1.165) is 12.7 Å². The Labute approximate surface area is 69.4 Å². The van der Waals surface area contributed by atoms with Gasteiger partial charge >= 0.3 is 0 Å². The first-order valence-electron chi connectivity index (χ1n) is 3.93. The molecular weight excluding hydrogens is 136 g/mol. The lowest BCUT2D eigenvalue weighted by Gasteiger charge is -2.16. The average molecular weight is 154 g/mol. The quantitative estimate of drug-likeness (QED) is 0.487. The Morgan fingerprint density at radius 1 is 1.36 bits per heavy atom. The van der Waals surface area contributed by atoms with Crippen molar-refractivity contribution in [2.24, 2.45) is 5.41 Å². The van der Waals surface area contributed by atoms with Gasteiger partial charge in [0.25, 0.3) is 0 Å². The van der Waals surface area contributed by atoms with Crippen molar-refractivity contribution in [3.63, 3.8) is 0 Å². The van der Waals surface area contributed by atoms with Gasteiger partial charge in [-0.2, -0.15) is 0 Å². The summed E-state index contributed by atoms with van der Waals surface area (Å²) in [5, 5.41) is 8.57. The van der Waals surface area contributed by atoms with Crippen molar-refractivity contribution in [3.05, 3.63) is 24.0 Å². The van der Waals surface area contributed by atoms with Gasteiger partial charge in [-0.15, -0.1) is 0 Å². The maximum atomic E-state index is 8.57. The normalized spacial score (nSPS) is 12.0. The molecule has 0 aliphatic heterocycles. The molecule has 0 saturated heterocycles. The number of aliphatic hydroxyl groups excluding tert-OH is 1. The summed E-state index contributed by atoms with van der Waals surface area (Å²) >= 11 is 0. The summed E-state index contributed by atoms with van der Waals surface area (Å²) in [6.07, 6.45) is 6.09. The summed E-state index contributed by atoms with van der Waals surface area (Å²) in [6, 6.07) is 0. The third-order valence-corrected chi connectivity index (χ3v) is 1.56. The molecule has 0 atom stereocenters. The zero-order chi connectivity index (χ0) is 8.91. The predicted molar refractivity (Wildman–Crippen MR) is 49.6 cm³/mol. The molecule has 0 fully saturated rings. The van der Waals surface area contributed by atoms with Crippen LogP contribution < -0.4 is 0 Å². The van der Waals surface area contributed by atoms with E-state index >= 15 is 0 Å². The van der Waals surface area contributed by atoms with E-state index in [-0.39, 0.29) is 5.41 Å². The van der Waals surface area contributed by atoms with Gasteiger partial charge in [0.05, 0.1) is 6.26 Å². The number of allylic oxidation sites excluding steroid dienone is 3. The first-order chi connectivity index (χ1) is 4.98. The molecule has 0 aromatic carbocycles. The average Bonchev–Trinajstić information content (AvgIpc) is 1.84. The molecule has 0 radical (unpaired) electrons. The number of hydrogen-bond donors (Lipinski definition) is 1. The topological polar surface area (TPSA) is 20.2 Å². The minimum absolute atomic E-state index is 0.0754. The van der Waals surface area contributed by atoms with Crippen LogP contribution in [0.3, 0.4) is 0 Å². The van der Waals surface area contributed by atoms with Crippen LogP contribution in [0.2, 0.25) is 0 Å². The van der Waals surface area contributed by atoms with Crippen molar-refractivity contribution in [3.8, 4) is 0 Å². The molecule has 0 aromatic heterocycles. The van der Waals surface area contributed by atoms with Gasteiger partial charge in [0.1, 0.15) is 0 Å². The van der Waals surface area contributed by atoms with Gasteiger partial charge in [-0.25, -0.2) is 0 Å². The summed E-state index contributed by atoms with van der Waals surface area (Å²) in [4.78, 5) is 0. The van der Waals surface area contributed by atoms with E-state index in [9.17, 15) is 0 Å². The molecule has 0 aromatic rings. The van der Waals surface area contributed by atoms with Gasteiger partial charge in [-0.3, -0.25) is 0 Å². The maximum Gasteiger partial charge on any atom is 0.0757 e. The molecule has 0 aliphatic rings. The van der Waals surface area contributed by atoms with E-state index in [2.05, 4.69) is 33.8 Å². The number of aliphatic hydroxyl groups is 1. The molecule has 0 bridgehead atoms. The fraction of sp³-hybridized carbons (Fsp3) is 0.600. The maximum absolute atomic E-state index is 8.57. The third kappa shape index (κ3) is 5.71. The number of hydrogen-bond acceptors (Lipinski definition) is 1. The lowest BCUT2D eigenvalue weighted by Crippen LogP contribution is -2.05. The molecule has 0 amide bonds. The van der Waals surface area contributed by atoms with Crippen molar-refractivity contribution < 1.29 is 5.11 Å². The van der Waals surface area contributed by atoms with Crippen LogP contribution in [-0.4, -0.2) is 5.11 Å². The molecule has 1 nitrogen and oxygen atoms in total. The smallest absolute Gasteiger partial charge is 0.0757 e. The second-order valence-electron chi connectivity index (χ2n) is 3.79. The van der Waals surface area contributed by atoms with E-state index in [1.165, 1.54) is 5.57 Å². The van der Waals surface area contributed by atoms with Crippen molar-refractivity contribution >= 4 is 0 Å². The lowest BCUT2D eigenvalue weighted by molar-refractivity contribution is 0.430. The minimum Gasteiger partial charge on any atom is -0.516 e. The Balaban J connectivity index is 4.02. The van der Waals surface area contributed by atoms with Crippen LogP contribution in [0.1, 0.15) is 34.1 Å². The highest BCUT2D eigenvalue weighted by Crippen LogP contribution is 2.22. The molecule has 1 heteroatoms. The van der Waals surface area contributed by atoms with E-state index < -0.39 is 0 Å². The molecule has 0 aliphatic carbocycles. The Bertz CT molecular complexity index is 160. The van der Waals surface area contributed by atoms with Crippen LogP contribution in [0.25, 0.3) is 0 Å². The van der Waals surface area contributed by atoms with Gasteiger partial charge < -0.3 is 5.11 Å². The predicted octanol–water partition coefficient (Wildman–Crippen LogP) is 3.44. The van der Waals surface area contributed by atoms with Crippen LogP contribution in [-0.2, 0) is 0 Å². The molecule has 0 rings (SSSR count). The molecule has 1 N–H and O–H groups in total. The Morgan fingerprint density at radius 2 is 1.91 bits per heavy atom. The SMILES string of the molecule is CC(C)=CCC(C)(C)/C=C/O. The van der Waals surface area contributed by atoms with Crippen LogP contribution in [0.4, 0.5) is 0 Å². The van der Waals surface area contributed by atoms with E-state index in [0.29, 0.717) is 0 Å². The Hall–Kier alpha value is -0.720. The summed E-state index contributed by atoms with van der Waals surface area (Å²) in [7, 11) is 0. The largest absolute Gasteiger partial charge is 0.516 e. The minimum atomic E-state index is 0.0754. The molecule has 0 unspecified atom stereocenters. The van der Waals surface area contributed by atoms with Gasteiger partial charge in [0.15, 0.2) is 0 Å². The third-order valence-electron chi connectivity index (χ3n) is 1.56. The molecule has 0 heterocycles. The zero-order valence-corrected chi connectivity index (χ0v) is 7.89. The molecular formula is C10H18O. The second kappa shape index (κ2) is 4.22. The lowest BCUT2D eigenvalue weighted by atomic mass is 9.89. The first kappa shape index (κ1) is 10.3. The van der Waals surface area contributed by atoms with Crippen molar-refractivity contribution in [2.75, 3.05) is 0 Å². The van der Waals surface area contributed by atoms with E-state index in [1.807, 2.05) is 6.08 Å². The monoisotopic (exact) mass is 154 g/mol. The van der Waals surface area contributed by atoms with E-state index in [1.54, 1.807) is 0 Å². The van der Waals surface area contributed by atoms with Gasteiger partial charge in [0.2, 0.25) is 0 Å². The van der Waals surface area contributed by atoms with Crippen LogP contribution in [0, 0.1) is 5.41 Å². The second-order valence-corrected chi connectivity index (χ2v) is 3.79. The highest BCUT2D eigenvalue weighted by Gasteiger charge is 2.10. The van der Waals surface area contributed by atoms with Crippen molar-refractivity contribution in [1.82, 2.24) is 0 Å². The standard InChI is InChI=1S/C10H18O/c1-9(2)5-6-10(3,4)7-8-11/h5,7-8,11H,6H2,1-4H3/b8-7+. The molecule has 11 heavy (non-hydrogen) atoms. The van der Waals surface area contributed by atoms with Crippen LogP contribution in [0.5, 0.6) is 0 Å². The summed E-state index contributed by atoms with van der Waals surface area (Å²) in [5.41, 5.74) is 1.40. The highest BCUT2D eigenvalue weighted by atomic mass is 16.2. The van der Waals surface area contributed by atoms with Gasteiger partial charge in [0, 0.05) is 0 Å². The van der Waals surface area contributed by atoms with Crippen molar-refractivity contribution in [2.45, 2.75) is 34.1 Å². The molecule has 0 saturated carbocycles. The van der Waals surface area contributed by atoms with Gasteiger partial charge in [-0.05, 0) is 31.8 Å². The van der Waals surface area contributed by atoms with E-state index in [4.69, 9.17) is 5.11 Å².